The number of rotatable bonds is 3. The number of hydrogen-bond donors (Lipinski definition) is 1. The average Bonchev–Trinajstić information content (AvgIpc) is 2.20. The highest BCUT2D eigenvalue weighted by Crippen LogP contribution is 2.26. The predicted molar refractivity (Wildman–Crippen MR) is 46.1 cm³/mol. The third kappa shape index (κ3) is 2.01. The summed E-state index contributed by atoms with van der Waals surface area (Å²) in [4.78, 5) is 21.1. The Morgan fingerprint density at radius 3 is 2.79 bits per heavy atom. The molecular formula is C9H8O5. The van der Waals surface area contributed by atoms with E-state index in [2.05, 4.69) is 9.47 Å². The number of phenols is 1. The van der Waals surface area contributed by atoms with Gasteiger partial charge in [0.1, 0.15) is 0 Å². The molecule has 0 aliphatic heterocycles. The molecule has 0 bridgehead atoms. The second-order valence-electron chi connectivity index (χ2n) is 2.39. The van der Waals surface area contributed by atoms with Gasteiger partial charge in [-0.2, -0.15) is 0 Å². The molecule has 1 N–H and O–H groups in total. The van der Waals surface area contributed by atoms with Crippen LogP contribution in [0.25, 0.3) is 0 Å². The van der Waals surface area contributed by atoms with Gasteiger partial charge < -0.3 is 14.6 Å². The highest BCUT2D eigenvalue weighted by atomic mass is 16.5. The SMILES string of the molecule is COC(=O)c1ccc(O)c(OC=O)c1. The Kier molecular flexibility index (Phi) is 3.06. The van der Waals surface area contributed by atoms with Crippen LogP contribution >= 0.6 is 0 Å². The number of carbonyl (C=O) groups excluding carboxylic acids is 2. The van der Waals surface area contributed by atoms with Gasteiger partial charge in [0.2, 0.25) is 0 Å². The van der Waals surface area contributed by atoms with Crippen LogP contribution < -0.4 is 4.74 Å². The Balaban J connectivity index is 3.05. The molecule has 0 aromatic heterocycles. The van der Waals surface area contributed by atoms with E-state index < -0.39 is 5.97 Å². The summed E-state index contributed by atoms with van der Waals surface area (Å²) in [5.74, 6) is -0.867. The summed E-state index contributed by atoms with van der Waals surface area (Å²) in [5.41, 5.74) is 0.196. The molecule has 0 amide bonds. The van der Waals surface area contributed by atoms with E-state index in [0.29, 0.717) is 0 Å². The third-order valence-electron chi connectivity index (χ3n) is 1.56. The molecule has 0 spiro atoms. The van der Waals surface area contributed by atoms with Crippen molar-refractivity contribution >= 4 is 12.4 Å². The highest BCUT2D eigenvalue weighted by Gasteiger charge is 2.09. The topological polar surface area (TPSA) is 72.8 Å². The molecule has 74 valence electrons. The Bertz CT molecular complexity index is 358. The van der Waals surface area contributed by atoms with Crippen molar-refractivity contribution in [2.75, 3.05) is 7.11 Å². The monoisotopic (exact) mass is 196 g/mol. The van der Waals surface area contributed by atoms with E-state index in [0.717, 1.165) is 0 Å². The maximum absolute atomic E-state index is 11.0. The van der Waals surface area contributed by atoms with Gasteiger partial charge in [-0.25, -0.2) is 4.79 Å². The van der Waals surface area contributed by atoms with Crippen LogP contribution in [0, 0.1) is 0 Å². The molecule has 1 rings (SSSR count). The number of methoxy groups -OCH3 is 1. The zero-order chi connectivity index (χ0) is 10.6. The number of phenolic OH excluding ortho intramolecular Hbond substituents is 1. The smallest absolute Gasteiger partial charge is 0.337 e. The molecule has 0 atom stereocenters. The second kappa shape index (κ2) is 4.27. The number of benzene rings is 1. The van der Waals surface area contributed by atoms with Crippen molar-refractivity contribution in [2.45, 2.75) is 0 Å². The molecule has 0 saturated heterocycles. The van der Waals surface area contributed by atoms with Crippen LogP contribution in [-0.2, 0) is 9.53 Å². The lowest BCUT2D eigenvalue weighted by atomic mass is 10.2. The highest BCUT2D eigenvalue weighted by molar-refractivity contribution is 5.90. The first kappa shape index (κ1) is 10.0. The number of carbonyl (C=O) groups is 2. The number of ether oxygens (including phenoxy) is 2. The number of esters is 1. The van der Waals surface area contributed by atoms with Crippen LogP contribution in [0.5, 0.6) is 11.5 Å². The quantitative estimate of drug-likeness (QED) is 0.569. The molecule has 0 aliphatic rings. The van der Waals surface area contributed by atoms with Crippen LogP contribution in [-0.4, -0.2) is 24.7 Å². The fraction of sp³-hybridized carbons (Fsp3) is 0.111. The molecule has 5 heteroatoms. The molecular weight excluding hydrogens is 188 g/mol. The van der Waals surface area contributed by atoms with E-state index in [1.807, 2.05) is 0 Å². The van der Waals surface area contributed by atoms with Crippen molar-refractivity contribution in [3.05, 3.63) is 23.8 Å². The summed E-state index contributed by atoms with van der Waals surface area (Å²) >= 11 is 0. The van der Waals surface area contributed by atoms with E-state index in [1.165, 1.54) is 25.3 Å². The largest absolute Gasteiger partial charge is 0.504 e. The van der Waals surface area contributed by atoms with Crippen LogP contribution in [0.1, 0.15) is 10.4 Å². The van der Waals surface area contributed by atoms with Gasteiger partial charge >= 0.3 is 5.97 Å². The first-order valence-electron chi connectivity index (χ1n) is 3.70. The van der Waals surface area contributed by atoms with Crippen molar-refractivity contribution in [3.63, 3.8) is 0 Å². The molecule has 5 nitrogen and oxygen atoms in total. The van der Waals surface area contributed by atoms with E-state index in [9.17, 15) is 14.7 Å². The zero-order valence-corrected chi connectivity index (χ0v) is 7.39. The number of hydrogen-bond acceptors (Lipinski definition) is 5. The van der Waals surface area contributed by atoms with Gasteiger partial charge in [0.05, 0.1) is 12.7 Å². The predicted octanol–water partition coefficient (Wildman–Crippen LogP) is 0.714. The minimum absolute atomic E-state index is 0.0806. The summed E-state index contributed by atoms with van der Waals surface area (Å²) in [5, 5.41) is 9.18. The van der Waals surface area contributed by atoms with Crippen LogP contribution in [0.2, 0.25) is 0 Å². The van der Waals surface area contributed by atoms with Gasteiger partial charge in [-0.05, 0) is 18.2 Å². The van der Waals surface area contributed by atoms with Gasteiger partial charge in [-0.1, -0.05) is 0 Å². The Hall–Kier alpha value is -2.04. The summed E-state index contributed by atoms with van der Waals surface area (Å²) in [7, 11) is 1.23. The average molecular weight is 196 g/mol. The van der Waals surface area contributed by atoms with Gasteiger partial charge in [-0.3, -0.25) is 4.79 Å². The lowest BCUT2D eigenvalue weighted by molar-refractivity contribution is -0.120. The molecule has 0 aliphatic carbocycles. The van der Waals surface area contributed by atoms with E-state index in [1.54, 1.807) is 0 Å². The maximum Gasteiger partial charge on any atom is 0.337 e. The fourth-order valence-electron chi connectivity index (χ4n) is 0.905. The Labute approximate surface area is 79.9 Å². The molecule has 1 aromatic carbocycles. The van der Waals surface area contributed by atoms with Crippen molar-refractivity contribution < 1.29 is 24.2 Å². The lowest BCUT2D eigenvalue weighted by Gasteiger charge is -2.03. The van der Waals surface area contributed by atoms with Gasteiger partial charge in [0.25, 0.3) is 6.47 Å². The standard InChI is InChI=1S/C9H8O5/c1-13-9(12)6-2-3-7(11)8(4-6)14-5-10/h2-5,11H,1H3. The molecule has 14 heavy (non-hydrogen) atoms. The van der Waals surface area contributed by atoms with Gasteiger partial charge in [-0.15, -0.1) is 0 Å². The van der Waals surface area contributed by atoms with Crippen molar-refractivity contribution in [3.8, 4) is 11.5 Å². The van der Waals surface area contributed by atoms with Crippen LogP contribution in [0.15, 0.2) is 18.2 Å². The molecule has 0 saturated carbocycles. The van der Waals surface area contributed by atoms with E-state index in [4.69, 9.17) is 0 Å². The van der Waals surface area contributed by atoms with Crippen molar-refractivity contribution in [1.29, 1.82) is 0 Å². The summed E-state index contributed by atoms with van der Waals surface area (Å²) in [6.07, 6.45) is 0. The van der Waals surface area contributed by atoms with Crippen LogP contribution in [0.4, 0.5) is 0 Å². The molecule has 0 unspecified atom stereocenters. The van der Waals surface area contributed by atoms with Gasteiger partial charge in [0.15, 0.2) is 11.5 Å². The molecule has 0 radical (unpaired) electrons. The summed E-state index contributed by atoms with van der Waals surface area (Å²) in [6.45, 7) is 0.163. The van der Waals surface area contributed by atoms with E-state index >= 15 is 0 Å². The first-order valence-corrected chi connectivity index (χ1v) is 3.70. The fourth-order valence-corrected chi connectivity index (χ4v) is 0.905. The summed E-state index contributed by atoms with van der Waals surface area (Å²) < 4.78 is 8.88. The Morgan fingerprint density at radius 2 is 2.21 bits per heavy atom. The van der Waals surface area contributed by atoms with Crippen LogP contribution in [0.3, 0.4) is 0 Å². The molecule has 0 heterocycles. The van der Waals surface area contributed by atoms with Gasteiger partial charge in [0, 0.05) is 0 Å². The zero-order valence-electron chi connectivity index (χ0n) is 7.39. The second-order valence-corrected chi connectivity index (χ2v) is 2.39. The van der Waals surface area contributed by atoms with Crippen molar-refractivity contribution in [1.82, 2.24) is 0 Å². The minimum Gasteiger partial charge on any atom is -0.504 e. The van der Waals surface area contributed by atoms with E-state index in [-0.39, 0.29) is 23.5 Å². The van der Waals surface area contributed by atoms with Crippen molar-refractivity contribution in [2.24, 2.45) is 0 Å². The maximum atomic E-state index is 11.0. The number of aromatic hydroxyl groups is 1. The minimum atomic E-state index is -0.569. The Morgan fingerprint density at radius 1 is 1.50 bits per heavy atom. The lowest BCUT2D eigenvalue weighted by Crippen LogP contribution is -2.01. The normalized spacial score (nSPS) is 9.21. The molecule has 1 aromatic rings. The molecule has 0 fully saturated rings. The summed E-state index contributed by atoms with van der Waals surface area (Å²) in [6, 6.07) is 3.82. The third-order valence-corrected chi connectivity index (χ3v) is 1.56. The first-order chi connectivity index (χ1) is 6.69.